The van der Waals surface area contributed by atoms with Crippen LogP contribution in [0, 0.1) is 5.82 Å². The number of ether oxygens (including phenoxy) is 1. The van der Waals surface area contributed by atoms with E-state index in [1.165, 1.54) is 30.2 Å². The summed E-state index contributed by atoms with van der Waals surface area (Å²) in [6.07, 6.45) is 1.46. The van der Waals surface area contributed by atoms with Crippen molar-refractivity contribution in [3.8, 4) is 5.75 Å². The molecule has 1 aliphatic heterocycles. The van der Waals surface area contributed by atoms with Crippen LogP contribution in [0.1, 0.15) is 0 Å². The number of aromatic amines is 1. The number of nitrogens with zero attached hydrogens (tertiary/aromatic N) is 4. The summed E-state index contributed by atoms with van der Waals surface area (Å²) in [4.78, 5) is 28.9. The predicted molar refractivity (Wildman–Crippen MR) is 124 cm³/mol. The lowest BCUT2D eigenvalue weighted by molar-refractivity contribution is -0.128. The van der Waals surface area contributed by atoms with Crippen LogP contribution < -0.4 is 9.64 Å². The Kier molecular flexibility index (Phi) is 5.57. The third-order valence-electron chi connectivity index (χ3n) is 5.71. The zero-order valence-corrected chi connectivity index (χ0v) is 18.4. The number of halogens is 1. The van der Waals surface area contributed by atoms with Gasteiger partial charge in [0.15, 0.2) is 0 Å². The second kappa shape index (κ2) is 8.66. The summed E-state index contributed by atoms with van der Waals surface area (Å²) in [7, 11) is 1.65. The number of hydrogen-bond donors (Lipinski definition) is 1. The Morgan fingerprint density at radius 3 is 2.66 bits per heavy atom. The van der Waals surface area contributed by atoms with Crippen molar-refractivity contribution < 1.29 is 13.9 Å². The molecule has 2 aromatic carbocycles. The average Bonchev–Trinajstić information content (AvgIpc) is 3.21. The molecular formula is C23H22FN5O2S. The second-order valence-electron chi connectivity index (χ2n) is 7.57. The lowest BCUT2D eigenvalue weighted by atomic mass is 10.2. The highest BCUT2D eigenvalue weighted by molar-refractivity contribution is 8.00. The topological polar surface area (TPSA) is 74.3 Å². The smallest absolute Gasteiger partial charge is 0.233 e. The highest BCUT2D eigenvalue weighted by Gasteiger charge is 2.22. The van der Waals surface area contributed by atoms with Gasteiger partial charge in [0.1, 0.15) is 28.4 Å². The molecule has 0 radical (unpaired) electrons. The largest absolute Gasteiger partial charge is 0.497 e. The Bertz CT molecular complexity index is 1270. The van der Waals surface area contributed by atoms with E-state index in [0.29, 0.717) is 34.8 Å². The lowest BCUT2D eigenvalue weighted by Crippen LogP contribution is -2.49. The number of aromatic nitrogens is 3. The molecule has 1 saturated heterocycles. The van der Waals surface area contributed by atoms with E-state index in [1.807, 2.05) is 29.2 Å². The van der Waals surface area contributed by atoms with Gasteiger partial charge in [0, 0.05) is 42.8 Å². The van der Waals surface area contributed by atoms with Gasteiger partial charge in [-0.1, -0.05) is 11.8 Å². The maximum absolute atomic E-state index is 13.7. The molecular weight excluding hydrogens is 429 g/mol. The van der Waals surface area contributed by atoms with Crippen LogP contribution in [0.5, 0.6) is 5.75 Å². The van der Waals surface area contributed by atoms with Crippen LogP contribution in [0.3, 0.4) is 0 Å². The number of carbonyl (C=O) groups is 1. The van der Waals surface area contributed by atoms with Crippen molar-refractivity contribution >= 4 is 45.3 Å². The summed E-state index contributed by atoms with van der Waals surface area (Å²) in [5.74, 6) is 0.894. The van der Waals surface area contributed by atoms with E-state index in [2.05, 4.69) is 19.9 Å². The summed E-state index contributed by atoms with van der Waals surface area (Å²) < 4.78 is 18.9. The average molecular weight is 452 g/mol. The SMILES string of the molecule is COc1ccc(N2CCN(C(=O)CSc3ncnc4c3[nH]c3ccc(F)cc34)CC2)cc1. The number of H-pyrrole nitrogens is 1. The van der Waals surface area contributed by atoms with Crippen LogP contribution in [0.4, 0.5) is 10.1 Å². The fourth-order valence-electron chi connectivity index (χ4n) is 3.98. The number of nitrogens with one attached hydrogen (secondary N) is 1. The zero-order chi connectivity index (χ0) is 22.1. The van der Waals surface area contributed by atoms with Gasteiger partial charge in [-0.15, -0.1) is 0 Å². The Balaban J connectivity index is 1.22. The first-order valence-electron chi connectivity index (χ1n) is 10.3. The highest BCUT2D eigenvalue weighted by Crippen LogP contribution is 2.30. The Labute approximate surface area is 188 Å². The molecule has 3 heterocycles. The minimum atomic E-state index is -0.310. The van der Waals surface area contributed by atoms with Crippen molar-refractivity contribution in [3.05, 3.63) is 54.6 Å². The summed E-state index contributed by atoms with van der Waals surface area (Å²) in [5, 5.41) is 1.40. The standard InChI is InChI=1S/C23H22FN5O2S/c1-31-17-5-3-16(4-6-17)28-8-10-29(11-9-28)20(30)13-32-23-22-21(25-14-26-23)18-12-15(24)2-7-19(18)27-22/h2-7,12,14,27H,8-11,13H2,1H3. The predicted octanol–water partition coefficient (Wildman–Crippen LogP) is 3.70. The van der Waals surface area contributed by atoms with Gasteiger partial charge in [0.05, 0.1) is 18.4 Å². The van der Waals surface area contributed by atoms with Gasteiger partial charge in [0.25, 0.3) is 0 Å². The number of methoxy groups -OCH3 is 1. The van der Waals surface area contributed by atoms with Crippen LogP contribution in [0.15, 0.2) is 53.8 Å². The van der Waals surface area contributed by atoms with Crippen molar-refractivity contribution in [3.63, 3.8) is 0 Å². The van der Waals surface area contributed by atoms with Crippen LogP contribution in [-0.2, 0) is 4.79 Å². The third-order valence-corrected chi connectivity index (χ3v) is 6.69. The van der Waals surface area contributed by atoms with E-state index in [4.69, 9.17) is 4.74 Å². The maximum Gasteiger partial charge on any atom is 0.233 e. The number of amides is 1. The lowest BCUT2D eigenvalue weighted by Gasteiger charge is -2.36. The fraction of sp³-hybridized carbons (Fsp3) is 0.261. The maximum atomic E-state index is 13.7. The monoisotopic (exact) mass is 451 g/mol. The van der Waals surface area contributed by atoms with Gasteiger partial charge < -0.3 is 19.5 Å². The number of benzene rings is 2. The molecule has 0 spiro atoms. The molecule has 7 nitrogen and oxygen atoms in total. The molecule has 0 aliphatic carbocycles. The van der Waals surface area contributed by atoms with Gasteiger partial charge in [-0.05, 0) is 42.5 Å². The molecule has 1 fully saturated rings. The number of thioether (sulfide) groups is 1. The van der Waals surface area contributed by atoms with E-state index in [0.717, 1.165) is 35.6 Å². The van der Waals surface area contributed by atoms with Crippen LogP contribution in [-0.4, -0.2) is 64.8 Å². The molecule has 0 unspecified atom stereocenters. The van der Waals surface area contributed by atoms with Crippen LogP contribution in [0.25, 0.3) is 21.9 Å². The van der Waals surface area contributed by atoms with Gasteiger partial charge in [-0.3, -0.25) is 4.79 Å². The molecule has 2 aromatic heterocycles. The number of carbonyl (C=O) groups excluding carboxylic acids is 1. The fourth-order valence-corrected chi connectivity index (χ4v) is 4.84. The van der Waals surface area contributed by atoms with Crippen molar-refractivity contribution in [1.82, 2.24) is 19.9 Å². The molecule has 1 amide bonds. The van der Waals surface area contributed by atoms with E-state index < -0.39 is 0 Å². The quantitative estimate of drug-likeness (QED) is 0.368. The van der Waals surface area contributed by atoms with Crippen molar-refractivity contribution in [2.75, 3.05) is 43.9 Å². The normalized spacial score (nSPS) is 14.3. The summed E-state index contributed by atoms with van der Waals surface area (Å²) in [6.45, 7) is 2.93. The minimum Gasteiger partial charge on any atom is -0.497 e. The van der Waals surface area contributed by atoms with Gasteiger partial charge in [-0.25, -0.2) is 14.4 Å². The Morgan fingerprint density at radius 1 is 1.12 bits per heavy atom. The van der Waals surface area contributed by atoms with E-state index in [-0.39, 0.29) is 11.7 Å². The summed E-state index contributed by atoms with van der Waals surface area (Å²) in [6, 6.07) is 12.5. The van der Waals surface area contributed by atoms with E-state index >= 15 is 0 Å². The molecule has 5 rings (SSSR count). The molecule has 1 aliphatic rings. The van der Waals surface area contributed by atoms with Gasteiger partial charge in [-0.2, -0.15) is 0 Å². The number of rotatable bonds is 5. The zero-order valence-electron chi connectivity index (χ0n) is 17.5. The van der Waals surface area contributed by atoms with Crippen molar-refractivity contribution in [2.45, 2.75) is 5.03 Å². The second-order valence-corrected chi connectivity index (χ2v) is 8.54. The number of fused-ring (bicyclic) bond motifs is 3. The van der Waals surface area contributed by atoms with Gasteiger partial charge in [0.2, 0.25) is 5.91 Å². The first kappa shape index (κ1) is 20.6. The van der Waals surface area contributed by atoms with E-state index in [1.54, 1.807) is 13.2 Å². The molecule has 0 bridgehead atoms. The molecule has 0 atom stereocenters. The minimum absolute atomic E-state index is 0.0818. The Hall–Kier alpha value is -3.33. The number of piperazine rings is 1. The van der Waals surface area contributed by atoms with E-state index in [9.17, 15) is 9.18 Å². The van der Waals surface area contributed by atoms with Crippen LogP contribution >= 0.6 is 11.8 Å². The first-order chi connectivity index (χ1) is 15.6. The first-order valence-corrected chi connectivity index (χ1v) is 11.3. The van der Waals surface area contributed by atoms with Crippen molar-refractivity contribution in [1.29, 1.82) is 0 Å². The molecule has 4 aromatic rings. The molecule has 1 N–H and O–H groups in total. The molecule has 32 heavy (non-hydrogen) atoms. The van der Waals surface area contributed by atoms with Crippen LogP contribution in [0.2, 0.25) is 0 Å². The Morgan fingerprint density at radius 2 is 1.91 bits per heavy atom. The third kappa shape index (κ3) is 3.95. The summed E-state index contributed by atoms with van der Waals surface area (Å²) in [5.41, 5.74) is 3.32. The number of hydrogen-bond acceptors (Lipinski definition) is 6. The number of anilines is 1. The molecule has 164 valence electrons. The molecule has 9 heteroatoms. The van der Waals surface area contributed by atoms with Gasteiger partial charge >= 0.3 is 0 Å². The summed E-state index contributed by atoms with van der Waals surface area (Å²) >= 11 is 1.38. The molecule has 0 saturated carbocycles. The van der Waals surface area contributed by atoms with Crippen molar-refractivity contribution in [2.24, 2.45) is 0 Å². The highest BCUT2D eigenvalue weighted by atomic mass is 32.2.